The first-order valence-corrected chi connectivity index (χ1v) is 9.24. The molecule has 0 fully saturated rings. The molecule has 1 aliphatic carbocycles. The van der Waals surface area contributed by atoms with E-state index in [1.807, 2.05) is 17.9 Å². The van der Waals surface area contributed by atoms with E-state index in [0.717, 1.165) is 53.1 Å². The second-order valence-electron chi connectivity index (χ2n) is 7.45. The molecule has 1 aliphatic heterocycles. The van der Waals surface area contributed by atoms with E-state index in [2.05, 4.69) is 40.8 Å². The highest BCUT2D eigenvalue weighted by Gasteiger charge is 2.32. The molecule has 3 heterocycles. The van der Waals surface area contributed by atoms with E-state index < -0.39 is 0 Å². The maximum Gasteiger partial charge on any atom is 0.232 e. The molecular weight excluding hydrogens is 324 g/mol. The number of H-pyrrole nitrogens is 2. The minimum absolute atomic E-state index is 0.000612. The molecule has 0 bridgehead atoms. The van der Waals surface area contributed by atoms with E-state index in [1.165, 1.54) is 16.5 Å². The second-order valence-corrected chi connectivity index (χ2v) is 7.45. The monoisotopic (exact) mass is 346 g/mol. The molecule has 1 amide bonds. The van der Waals surface area contributed by atoms with Crippen molar-refractivity contribution in [1.82, 2.24) is 15.2 Å². The standard InChI is InChI=1S/C21H22N4O/c1-4-11(2)25-18-10-16-15-7-5-6-14-12(3)23-24-21(14)20(15)22-17(16)8-13(18)9-19(25)26/h4,8,10-11,22H,1,5-7,9H2,2-3H3,(H,23,24). The fourth-order valence-electron chi connectivity index (χ4n) is 4.50. The molecule has 2 aliphatic rings. The Morgan fingerprint density at radius 1 is 1.31 bits per heavy atom. The normalized spacial score (nSPS) is 17.0. The summed E-state index contributed by atoms with van der Waals surface area (Å²) in [6.45, 7) is 7.97. The van der Waals surface area contributed by atoms with Gasteiger partial charge in [0.05, 0.1) is 18.2 Å². The lowest BCUT2D eigenvalue weighted by atomic mass is 10.0. The van der Waals surface area contributed by atoms with Crippen molar-refractivity contribution in [1.29, 1.82) is 0 Å². The Morgan fingerprint density at radius 3 is 2.92 bits per heavy atom. The zero-order valence-electron chi connectivity index (χ0n) is 15.1. The van der Waals surface area contributed by atoms with Gasteiger partial charge in [-0.15, -0.1) is 6.58 Å². The molecule has 1 atom stereocenters. The molecule has 132 valence electrons. The molecule has 5 rings (SSSR count). The van der Waals surface area contributed by atoms with E-state index >= 15 is 0 Å². The molecule has 0 radical (unpaired) electrons. The zero-order chi connectivity index (χ0) is 18.0. The van der Waals surface area contributed by atoms with E-state index in [-0.39, 0.29) is 11.9 Å². The van der Waals surface area contributed by atoms with Crippen molar-refractivity contribution in [3.63, 3.8) is 0 Å². The Bertz CT molecular complexity index is 1070. The molecule has 3 aromatic rings. The van der Waals surface area contributed by atoms with Gasteiger partial charge in [-0.25, -0.2) is 0 Å². The van der Waals surface area contributed by atoms with Crippen LogP contribution in [0.4, 0.5) is 5.69 Å². The van der Waals surface area contributed by atoms with E-state index in [1.54, 1.807) is 0 Å². The number of aryl methyl sites for hydroxylation is 2. The molecule has 5 nitrogen and oxygen atoms in total. The molecule has 0 saturated carbocycles. The summed E-state index contributed by atoms with van der Waals surface area (Å²) in [5.74, 6) is 0.149. The molecule has 1 aromatic carbocycles. The van der Waals surface area contributed by atoms with Gasteiger partial charge < -0.3 is 9.88 Å². The Morgan fingerprint density at radius 2 is 2.12 bits per heavy atom. The summed E-state index contributed by atoms with van der Waals surface area (Å²) in [6.07, 6.45) is 5.46. The maximum absolute atomic E-state index is 12.5. The minimum Gasteiger partial charge on any atom is -0.353 e. The Hall–Kier alpha value is -2.82. The van der Waals surface area contributed by atoms with Crippen LogP contribution in [0.1, 0.15) is 35.7 Å². The highest BCUT2D eigenvalue weighted by atomic mass is 16.2. The lowest BCUT2D eigenvalue weighted by Crippen LogP contribution is -2.34. The van der Waals surface area contributed by atoms with Gasteiger partial charge in [-0.1, -0.05) is 6.08 Å². The molecule has 2 aromatic heterocycles. The van der Waals surface area contributed by atoms with Gasteiger partial charge in [0.15, 0.2) is 0 Å². The zero-order valence-corrected chi connectivity index (χ0v) is 15.1. The quantitative estimate of drug-likeness (QED) is 0.693. The van der Waals surface area contributed by atoms with Gasteiger partial charge in [-0.3, -0.25) is 9.89 Å². The van der Waals surface area contributed by atoms with Crippen molar-refractivity contribution in [3.05, 3.63) is 47.2 Å². The van der Waals surface area contributed by atoms with Crippen molar-refractivity contribution < 1.29 is 4.79 Å². The third-order valence-corrected chi connectivity index (χ3v) is 5.89. The number of rotatable bonds is 2. The van der Waals surface area contributed by atoms with Gasteiger partial charge in [0.25, 0.3) is 0 Å². The van der Waals surface area contributed by atoms with Crippen LogP contribution in [0.15, 0.2) is 24.8 Å². The molecule has 1 unspecified atom stereocenters. The number of anilines is 1. The summed E-state index contributed by atoms with van der Waals surface area (Å²) in [4.78, 5) is 18.0. The van der Waals surface area contributed by atoms with Crippen LogP contribution in [-0.4, -0.2) is 27.1 Å². The summed E-state index contributed by atoms with van der Waals surface area (Å²) in [5.41, 5.74) is 9.20. The van der Waals surface area contributed by atoms with Gasteiger partial charge in [0.2, 0.25) is 5.91 Å². The molecule has 0 saturated heterocycles. The van der Waals surface area contributed by atoms with Crippen molar-refractivity contribution in [2.45, 2.75) is 45.6 Å². The lowest BCUT2D eigenvalue weighted by Gasteiger charge is -2.22. The predicted molar refractivity (Wildman–Crippen MR) is 103 cm³/mol. The average Bonchev–Trinajstić information content (AvgIpc) is 3.22. The molecule has 2 N–H and O–H groups in total. The van der Waals surface area contributed by atoms with Crippen molar-refractivity contribution in [3.8, 4) is 11.4 Å². The Kier molecular flexibility index (Phi) is 3.17. The van der Waals surface area contributed by atoms with Gasteiger partial charge >= 0.3 is 0 Å². The number of benzene rings is 1. The van der Waals surface area contributed by atoms with Gasteiger partial charge in [-0.2, -0.15) is 5.10 Å². The summed E-state index contributed by atoms with van der Waals surface area (Å²) in [5, 5.41) is 8.92. The number of carbonyl (C=O) groups is 1. The summed E-state index contributed by atoms with van der Waals surface area (Å²) < 4.78 is 0. The molecule has 5 heteroatoms. The maximum atomic E-state index is 12.5. The fourth-order valence-corrected chi connectivity index (χ4v) is 4.50. The first kappa shape index (κ1) is 15.4. The Balaban J connectivity index is 1.74. The van der Waals surface area contributed by atoms with Crippen LogP contribution < -0.4 is 4.90 Å². The largest absolute Gasteiger partial charge is 0.353 e. The summed E-state index contributed by atoms with van der Waals surface area (Å²) in [7, 11) is 0. The van der Waals surface area contributed by atoms with Crippen molar-refractivity contribution >= 4 is 22.5 Å². The smallest absolute Gasteiger partial charge is 0.232 e. The van der Waals surface area contributed by atoms with E-state index in [4.69, 9.17) is 0 Å². The summed E-state index contributed by atoms with van der Waals surface area (Å²) >= 11 is 0. The van der Waals surface area contributed by atoms with E-state index in [9.17, 15) is 4.79 Å². The van der Waals surface area contributed by atoms with Gasteiger partial charge in [0, 0.05) is 27.8 Å². The molecule has 0 spiro atoms. The fraction of sp³-hybridized carbons (Fsp3) is 0.333. The number of nitrogens with zero attached hydrogens (tertiary/aromatic N) is 2. The van der Waals surface area contributed by atoms with Crippen molar-refractivity contribution in [2.24, 2.45) is 0 Å². The van der Waals surface area contributed by atoms with Crippen LogP contribution in [-0.2, 0) is 24.1 Å². The number of carbonyl (C=O) groups excluding carboxylic acids is 1. The summed E-state index contributed by atoms with van der Waals surface area (Å²) in [6, 6.07) is 4.33. The van der Waals surface area contributed by atoms with Crippen LogP contribution in [0.5, 0.6) is 0 Å². The van der Waals surface area contributed by atoms with E-state index in [0.29, 0.717) is 6.42 Å². The lowest BCUT2D eigenvalue weighted by molar-refractivity contribution is -0.117. The van der Waals surface area contributed by atoms with Crippen molar-refractivity contribution in [2.75, 3.05) is 4.90 Å². The number of fused-ring (bicyclic) bond motifs is 6. The van der Waals surface area contributed by atoms with Crippen LogP contribution in [0.3, 0.4) is 0 Å². The number of aromatic amines is 2. The van der Waals surface area contributed by atoms with Crippen LogP contribution in [0, 0.1) is 6.92 Å². The van der Waals surface area contributed by atoms with Crippen LogP contribution >= 0.6 is 0 Å². The second kappa shape index (κ2) is 5.34. The highest BCUT2D eigenvalue weighted by molar-refractivity contribution is 6.06. The Labute approximate surface area is 152 Å². The first-order valence-electron chi connectivity index (χ1n) is 9.24. The number of hydrogen-bond donors (Lipinski definition) is 2. The number of aromatic nitrogens is 3. The number of nitrogens with one attached hydrogen (secondary N) is 2. The first-order chi connectivity index (χ1) is 12.6. The van der Waals surface area contributed by atoms with Gasteiger partial charge in [0.1, 0.15) is 5.69 Å². The van der Waals surface area contributed by atoms with Crippen LogP contribution in [0.25, 0.3) is 22.3 Å². The highest BCUT2D eigenvalue weighted by Crippen LogP contribution is 2.41. The topological polar surface area (TPSA) is 64.8 Å². The predicted octanol–water partition coefficient (Wildman–Crippen LogP) is 3.82. The average molecular weight is 346 g/mol. The SMILES string of the molecule is C=CC(C)N1C(=O)Cc2cc3[nH]c4c(c3cc21)CCCc1c-4n[nH]c1C. The molecule has 26 heavy (non-hydrogen) atoms. The molecular formula is C21H22N4O. The number of hydrogen-bond acceptors (Lipinski definition) is 2. The van der Waals surface area contributed by atoms with Gasteiger partial charge in [-0.05, 0) is 56.4 Å². The third-order valence-electron chi connectivity index (χ3n) is 5.89. The number of amides is 1. The minimum atomic E-state index is -0.000612. The van der Waals surface area contributed by atoms with Crippen LogP contribution in [0.2, 0.25) is 0 Å². The third kappa shape index (κ3) is 1.97.